The highest BCUT2D eigenvalue weighted by molar-refractivity contribution is 5.94. The number of benzene rings is 1. The second kappa shape index (κ2) is 8.26. The van der Waals surface area contributed by atoms with Gasteiger partial charge in [-0.05, 0) is 12.1 Å². The Hall–Kier alpha value is -1.88. The van der Waals surface area contributed by atoms with E-state index in [1.807, 2.05) is 18.2 Å². The maximum atomic E-state index is 12.3. The molecule has 0 aromatic heterocycles. The highest BCUT2D eigenvalue weighted by Gasteiger charge is 2.16. The lowest BCUT2D eigenvalue weighted by Crippen LogP contribution is -2.35. The van der Waals surface area contributed by atoms with Crippen molar-refractivity contribution in [3.05, 3.63) is 35.9 Å². The fraction of sp³-hybridized carbons (Fsp3) is 0.429. The molecule has 1 rings (SSSR count). The molecule has 0 radical (unpaired) electrons. The monoisotopic (exact) mass is 265 g/mol. The average molecular weight is 265 g/mol. The summed E-state index contributed by atoms with van der Waals surface area (Å²) in [5.41, 5.74) is 0.600. The molecule has 1 amide bonds. The molecule has 0 unspecified atom stereocenters. The lowest BCUT2D eigenvalue weighted by Gasteiger charge is -2.22. The van der Waals surface area contributed by atoms with Crippen LogP contribution in [0.3, 0.4) is 0 Å². The third-order valence-electron chi connectivity index (χ3n) is 2.69. The molecule has 0 saturated heterocycles. The summed E-state index contributed by atoms with van der Waals surface area (Å²) in [6.07, 6.45) is 0.179. The standard InChI is InChI=1S/C14H19NO4/c1-18-11-10-15(9-8-13(16)19-2)14(17)12-6-4-3-5-7-12/h3-7H,8-11H2,1-2H3. The Labute approximate surface area is 113 Å². The van der Waals surface area contributed by atoms with Gasteiger partial charge in [-0.1, -0.05) is 18.2 Å². The van der Waals surface area contributed by atoms with Gasteiger partial charge in [0, 0.05) is 25.8 Å². The van der Waals surface area contributed by atoms with E-state index in [2.05, 4.69) is 4.74 Å². The van der Waals surface area contributed by atoms with Crippen LogP contribution in [0.25, 0.3) is 0 Å². The first-order valence-corrected chi connectivity index (χ1v) is 6.09. The Morgan fingerprint density at radius 3 is 2.37 bits per heavy atom. The molecule has 1 aromatic carbocycles. The first-order valence-electron chi connectivity index (χ1n) is 6.09. The topological polar surface area (TPSA) is 55.8 Å². The number of hydrogen-bond donors (Lipinski definition) is 0. The number of methoxy groups -OCH3 is 2. The highest BCUT2D eigenvalue weighted by Crippen LogP contribution is 2.05. The normalized spacial score (nSPS) is 10.0. The van der Waals surface area contributed by atoms with E-state index in [4.69, 9.17) is 4.74 Å². The first-order chi connectivity index (χ1) is 9.19. The molecule has 0 aliphatic carbocycles. The Morgan fingerprint density at radius 2 is 1.79 bits per heavy atom. The molecule has 0 spiro atoms. The van der Waals surface area contributed by atoms with E-state index in [1.165, 1.54) is 7.11 Å². The number of ether oxygens (including phenoxy) is 2. The minimum Gasteiger partial charge on any atom is -0.469 e. The second-order valence-electron chi connectivity index (χ2n) is 3.98. The predicted octanol–water partition coefficient (Wildman–Crippen LogP) is 1.34. The van der Waals surface area contributed by atoms with Gasteiger partial charge in [0.2, 0.25) is 0 Å². The maximum absolute atomic E-state index is 12.3. The van der Waals surface area contributed by atoms with E-state index in [0.29, 0.717) is 25.3 Å². The van der Waals surface area contributed by atoms with Crippen LogP contribution in [0, 0.1) is 0 Å². The molecule has 0 atom stereocenters. The SMILES string of the molecule is COCCN(CCC(=O)OC)C(=O)c1ccccc1. The minimum absolute atomic E-state index is 0.110. The molecular weight excluding hydrogens is 246 g/mol. The zero-order valence-electron chi connectivity index (χ0n) is 11.3. The van der Waals surface area contributed by atoms with Gasteiger partial charge in [-0.2, -0.15) is 0 Å². The molecule has 5 heteroatoms. The molecule has 0 bridgehead atoms. The predicted molar refractivity (Wildman–Crippen MR) is 70.9 cm³/mol. The van der Waals surface area contributed by atoms with Crippen LogP contribution in [0.5, 0.6) is 0 Å². The largest absolute Gasteiger partial charge is 0.469 e. The lowest BCUT2D eigenvalue weighted by atomic mass is 10.2. The molecule has 104 valence electrons. The van der Waals surface area contributed by atoms with Crippen LogP contribution in [-0.4, -0.2) is 50.7 Å². The zero-order valence-corrected chi connectivity index (χ0v) is 11.3. The van der Waals surface area contributed by atoms with Gasteiger partial charge >= 0.3 is 5.97 Å². The number of hydrogen-bond acceptors (Lipinski definition) is 4. The molecule has 0 aliphatic rings. The van der Waals surface area contributed by atoms with E-state index in [-0.39, 0.29) is 18.3 Å². The van der Waals surface area contributed by atoms with E-state index < -0.39 is 0 Å². The van der Waals surface area contributed by atoms with E-state index in [0.717, 1.165) is 0 Å². The molecular formula is C14H19NO4. The van der Waals surface area contributed by atoms with Crippen LogP contribution in [-0.2, 0) is 14.3 Å². The first kappa shape index (κ1) is 15.2. The quantitative estimate of drug-likeness (QED) is 0.698. The zero-order chi connectivity index (χ0) is 14.1. The molecule has 0 aliphatic heterocycles. The maximum Gasteiger partial charge on any atom is 0.307 e. The van der Waals surface area contributed by atoms with Crippen LogP contribution in [0.15, 0.2) is 30.3 Å². The van der Waals surface area contributed by atoms with Crippen LogP contribution in [0.4, 0.5) is 0 Å². The van der Waals surface area contributed by atoms with Crippen molar-refractivity contribution in [2.75, 3.05) is 33.9 Å². The van der Waals surface area contributed by atoms with Crippen molar-refractivity contribution in [3.63, 3.8) is 0 Å². The smallest absolute Gasteiger partial charge is 0.307 e. The van der Waals surface area contributed by atoms with Crippen molar-refractivity contribution < 1.29 is 19.1 Å². The Morgan fingerprint density at radius 1 is 1.11 bits per heavy atom. The van der Waals surface area contributed by atoms with Gasteiger partial charge in [0.15, 0.2) is 0 Å². The fourth-order valence-electron chi connectivity index (χ4n) is 1.61. The van der Waals surface area contributed by atoms with Crippen LogP contribution < -0.4 is 0 Å². The molecule has 0 heterocycles. The van der Waals surface area contributed by atoms with Crippen molar-refractivity contribution in [3.8, 4) is 0 Å². The molecule has 0 fully saturated rings. The van der Waals surface area contributed by atoms with Gasteiger partial charge in [-0.3, -0.25) is 9.59 Å². The summed E-state index contributed by atoms with van der Waals surface area (Å²) in [7, 11) is 2.91. The summed E-state index contributed by atoms with van der Waals surface area (Å²) < 4.78 is 9.56. The fourth-order valence-corrected chi connectivity index (χ4v) is 1.61. The van der Waals surface area contributed by atoms with Gasteiger partial charge in [0.05, 0.1) is 20.1 Å². The van der Waals surface area contributed by atoms with E-state index in [1.54, 1.807) is 24.1 Å². The Kier molecular flexibility index (Phi) is 6.60. The van der Waals surface area contributed by atoms with Gasteiger partial charge in [0.25, 0.3) is 5.91 Å². The van der Waals surface area contributed by atoms with E-state index >= 15 is 0 Å². The molecule has 0 saturated carbocycles. The summed E-state index contributed by atoms with van der Waals surface area (Å²) in [4.78, 5) is 25.0. The van der Waals surface area contributed by atoms with Crippen molar-refractivity contribution in [2.24, 2.45) is 0 Å². The number of amides is 1. The third kappa shape index (κ3) is 5.09. The van der Waals surface area contributed by atoms with Crippen LogP contribution in [0.1, 0.15) is 16.8 Å². The summed E-state index contributed by atoms with van der Waals surface area (Å²) in [5.74, 6) is -0.440. The molecule has 0 N–H and O–H groups in total. The van der Waals surface area contributed by atoms with Crippen molar-refractivity contribution in [2.45, 2.75) is 6.42 Å². The number of carbonyl (C=O) groups is 2. The summed E-state index contributed by atoms with van der Waals surface area (Å²) in [6, 6.07) is 8.97. The van der Waals surface area contributed by atoms with Gasteiger partial charge in [0.1, 0.15) is 0 Å². The number of rotatable bonds is 7. The lowest BCUT2D eigenvalue weighted by molar-refractivity contribution is -0.140. The second-order valence-corrected chi connectivity index (χ2v) is 3.98. The molecule has 1 aromatic rings. The van der Waals surface area contributed by atoms with Gasteiger partial charge in [-0.15, -0.1) is 0 Å². The Balaban J connectivity index is 2.67. The summed E-state index contributed by atoms with van der Waals surface area (Å²) >= 11 is 0. The summed E-state index contributed by atoms with van der Waals surface area (Å²) in [5, 5.41) is 0. The minimum atomic E-state index is -0.330. The van der Waals surface area contributed by atoms with Crippen LogP contribution in [0.2, 0.25) is 0 Å². The van der Waals surface area contributed by atoms with Gasteiger partial charge in [-0.25, -0.2) is 0 Å². The number of carbonyl (C=O) groups excluding carboxylic acids is 2. The average Bonchev–Trinajstić information content (AvgIpc) is 2.47. The van der Waals surface area contributed by atoms with Gasteiger partial charge < -0.3 is 14.4 Å². The molecule has 19 heavy (non-hydrogen) atoms. The number of nitrogens with zero attached hydrogens (tertiary/aromatic N) is 1. The third-order valence-corrected chi connectivity index (χ3v) is 2.69. The molecule has 5 nitrogen and oxygen atoms in total. The van der Waals surface area contributed by atoms with Crippen molar-refractivity contribution in [1.82, 2.24) is 4.90 Å². The van der Waals surface area contributed by atoms with Crippen LogP contribution >= 0.6 is 0 Å². The van der Waals surface area contributed by atoms with E-state index in [9.17, 15) is 9.59 Å². The van der Waals surface area contributed by atoms with Crippen molar-refractivity contribution in [1.29, 1.82) is 0 Å². The van der Waals surface area contributed by atoms with Crippen molar-refractivity contribution >= 4 is 11.9 Å². The number of esters is 1. The highest BCUT2D eigenvalue weighted by atomic mass is 16.5. The Bertz CT molecular complexity index is 405. The summed E-state index contributed by atoms with van der Waals surface area (Å²) in [6.45, 7) is 1.20.